The van der Waals surface area contributed by atoms with Crippen molar-refractivity contribution in [1.29, 1.82) is 0 Å². The number of fused-ring (bicyclic) bond motifs is 1. The summed E-state index contributed by atoms with van der Waals surface area (Å²) in [6.07, 6.45) is 0. The normalized spacial score (nSPS) is 12.3. The highest BCUT2D eigenvalue weighted by atomic mass is 16.7. The lowest BCUT2D eigenvalue weighted by Gasteiger charge is -2.04. The van der Waals surface area contributed by atoms with Gasteiger partial charge in [0, 0.05) is 13.5 Å². The quantitative estimate of drug-likeness (QED) is 0.760. The van der Waals surface area contributed by atoms with E-state index in [4.69, 9.17) is 9.47 Å². The van der Waals surface area contributed by atoms with E-state index < -0.39 is 11.7 Å². The first-order valence-electron chi connectivity index (χ1n) is 4.84. The zero-order valence-corrected chi connectivity index (χ0v) is 8.78. The number of hydrogen-bond acceptors (Lipinski definition) is 4. The molecule has 0 atom stereocenters. The number of benzene rings is 1. The van der Waals surface area contributed by atoms with E-state index in [-0.39, 0.29) is 6.79 Å². The molecule has 0 spiro atoms. The second-order valence-electron chi connectivity index (χ2n) is 3.43. The molecule has 16 heavy (non-hydrogen) atoms. The zero-order valence-electron chi connectivity index (χ0n) is 8.78. The molecule has 1 aliphatic rings. The number of nitrogens with one attached hydrogen (secondary N) is 1. The summed E-state index contributed by atoms with van der Waals surface area (Å²) < 4.78 is 10.3. The van der Waals surface area contributed by atoms with Crippen LogP contribution in [-0.2, 0) is 16.1 Å². The SMILES string of the molecule is CC(=O)C(=O)NCc1ccc2c(c1)OCO2. The minimum atomic E-state index is -0.585. The molecule has 0 saturated heterocycles. The van der Waals surface area contributed by atoms with E-state index in [9.17, 15) is 9.59 Å². The van der Waals surface area contributed by atoms with Crippen LogP contribution in [0.25, 0.3) is 0 Å². The predicted molar refractivity (Wildman–Crippen MR) is 55.1 cm³/mol. The van der Waals surface area contributed by atoms with E-state index in [0.717, 1.165) is 5.56 Å². The third kappa shape index (κ3) is 2.13. The van der Waals surface area contributed by atoms with Gasteiger partial charge >= 0.3 is 0 Å². The minimum absolute atomic E-state index is 0.221. The van der Waals surface area contributed by atoms with Gasteiger partial charge in [-0.15, -0.1) is 0 Å². The van der Waals surface area contributed by atoms with E-state index in [1.165, 1.54) is 6.92 Å². The number of carbonyl (C=O) groups is 2. The van der Waals surface area contributed by atoms with Crippen molar-refractivity contribution >= 4 is 11.7 Å². The predicted octanol–water partition coefficient (Wildman–Crippen LogP) is 0.620. The van der Waals surface area contributed by atoms with Gasteiger partial charge in [-0.05, 0) is 17.7 Å². The van der Waals surface area contributed by atoms with Crippen LogP contribution in [0.3, 0.4) is 0 Å². The van der Waals surface area contributed by atoms with Gasteiger partial charge in [0.2, 0.25) is 12.6 Å². The van der Waals surface area contributed by atoms with Crippen molar-refractivity contribution in [2.24, 2.45) is 0 Å². The van der Waals surface area contributed by atoms with Crippen molar-refractivity contribution < 1.29 is 19.1 Å². The number of carbonyl (C=O) groups excluding carboxylic acids is 2. The van der Waals surface area contributed by atoms with E-state index in [2.05, 4.69) is 5.32 Å². The summed E-state index contributed by atoms with van der Waals surface area (Å²) in [5.41, 5.74) is 0.860. The summed E-state index contributed by atoms with van der Waals surface area (Å²) >= 11 is 0. The van der Waals surface area contributed by atoms with E-state index in [1.807, 2.05) is 6.07 Å². The summed E-state index contributed by atoms with van der Waals surface area (Å²) in [6, 6.07) is 5.37. The zero-order chi connectivity index (χ0) is 11.5. The second-order valence-corrected chi connectivity index (χ2v) is 3.43. The van der Waals surface area contributed by atoms with Gasteiger partial charge in [-0.2, -0.15) is 0 Å². The Labute approximate surface area is 92.4 Å². The molecule has 0 bridgehead atoms. The number of ketones is 1. The Morgan fingerprint density at radius 1 is 1.31 bits per heavy atom. The fourth-order valence-electron chi connectivity index (χ4n) is 1.36. The van der Waals surface area contributed by atoms with Crippen molar-refractivity contribution in [3.63, 3.8) is 0 Å². The molecule has 0 aromatic heterocycles. The molecule has 1 aromatic carbocycles. The maximum atomic E-state index is 11.0. The maximum absolute atomic E-state index is 11.0. The Morgan fingerprint density at radius 3 is 2.81 bits per heavy atom. The maximum Gasteiger partial charge on any atom is 0.287 e. The van der Waals surface area contributed by atoms with Gasteiger partial charge in [-0.1, -0.05) is 6.07 Å². The van der Waals surface area contributed by atoms with Gasteiger partial charge < -0.3 is 14.8 Å². The standard InChI is InChI=1S/C11H11NO4/c1-7(13)11(14)12-5-8-2-3-9-10(4-8)16-6-15-9/h2-4H,5-6H2,1H3,(H,12,14). The number of amides is 1. The third-order valence-corrected chi connectivity index (χ3v) is 2.21. The van der Waals surface area contributed by atoms with Crippen LogP contribution in [-0.4, -0.2) is 18.5 Å². The Kier molecular flexibility index (Phi) is 2.76. The Balaban J connectivity index is 2.00. The Hall–Kier alpha value is -2.04. The second kappa shape index (κ2) is 4.22. The molecule has 84 valence electrons. The van der Waals surface area contributed by atoms with Crippen LogP contribution < -0.4 is 14.8 Å². The van der Waals surface area contributed by atoms with Crippen LogP contribution in [0.2, 0.25) is 0 Å². The molecule has 2 rings (SSSR count). The molecule has 1 aliphatic heterocycles. The minimum Gasteiger partial charge on any atom is -0.454 e. The molecule has 5 nitrogen and oxygen atoms in total. The summed E-state index contributed by atoms with van der Waals surface area (Å²) in [6.45, 7) is 1.75. The van der Waals surface area contributed by atoms with Gasteiger partial charge in [-0.3, -0.25) is 9.59 Å². The molecule has 1 N–H and O–H groups in total. The van der Waals surface area contributed by atoms with Crippen LogP contribution >= 0.6 is 0 Å². The lowest BCUT2D eigenvalue weighted by atomic mass is 10.2. The van der Waals surface area contributed by atoms with Crippen LogP contribution in [0.1, 0.15) is 12.5 Å². The molecule has 0 saturated carbocycles. The highest BCUT2D eigenvalue weighted by Crippen LogP contribution is 2.32. The van der Waals surface area contributed by atoms with Crippen LogP contribution in [0, 0.1) is 0 Å². The average Bonchev–Trinajstić information content (AvgIpc) is 2.72. The van der Waals surface area contributed by atoms with Gasteiger partial charge in [0.15, 0.2) is 11.5 Å². The number of Topliss-reactive ketones (excluding diaryl/α,β-unsaturated/α-hetero) is 1. The third-order valence-electron chi connectivity index (χ3n) is 2.21. The average molecular weight is 221 g/mol. The highest BCUT2D eigenvalue weighted by molar-refractivity contribution is 6.35. The largest absolute Gasteiger partial charge is 0.454 e. The molecule has 1 amide bonds. The monoisotopic (exact) mass is 221 g/mol. The van der Waals surface area contributed by atoms with E-state index >= 15 is 0 Å². The smallest absolute Gasteiger partial charge is 0.287 e. The van der Waals surface area contributed by atoms with Crippen molar-refractivity contribution in [1.82, 2.24) is 5.32 Å². The molecule has 0 radical (unpaired) electrons. The Bertz CT molecular complexity index is 442. The lowest BCUT2D eigenvalue weighted by Crippen LogP contribution is -2.28. The lowest BCUT2D eigenvalue weighted by molar-refractivity contribution is -0.136. The highest BCUT2D eigenvalue weighted by Gasteiger charge is 2.13. The molecule has 0 fully saturated rings. The molecule has 5 heteroatoms. The molecule has 1 aromatic rings. The van der Waals surface area contributed by atoms with E-state index in [1.54, 1.807) is 12.1 Å². The summed E-state index contributed by atoms with van der Waals surface area (Å²) in [4.78, 5) is 21.7. The summed E-state index contributed by atoms with van der Waals surface area (Å²) in [5, 5.41) is 2.50. The molecular weight excluding hydrogens is 210 g/mol. The molecule has 0 aliphatic carbocycles. The van der Waals surface area contributed by atoms with Crippen molar-refractivity contribution in [2.75, 3.05) is 6.79 Å². The van der Waals surface area contributed by atoms with Crippen LogP contribution in [0.15, 0.2) is 18.2 Å². The number of ether oxygens (including phenoxy) is 2. The van der Waals surface area contributed by atoms with Crippen molar-refractivity contribution in [3.8, 4) is 11.5 Å². The van der Waals surface area contributed by atoms with Crippen LogP contribution in [0.5, 0.6) is 11.5 Å². The van der Waals surface area contributed by atoms with Crippen molar-refractivity contribution in [3.05, 3.63) is 23.8 Å². The fourth-order valence-corrected chi connectivity index (χ4v) is 1.36. The first-order chi connectivity index (χ1) is 7.66. The van der Waals surface area contributed by atoms with Gasteiger partial charge in [0.25, 0.3) is 5.91 Å². The topological polar surface area (TPSA) is 64.6 Å². The number of hydrogen-bond donors (Lipinski definition) is 1. The first-order valence-corrected chi connectivity index (χ1v) is 4.84. The summed E-state index contributed by atoms with van der Waals surface area (Å²) in [5.74, 6) is 0.273. The molecule has 1 heterocycles. The van der Waals surface area contributed by atoms with Crippen LogP contribution in [0.4, 0.5) is 0 Å². The van der Waals surface area contributed by atoms with Gasteiger partial charge in [-0.25, -0.2) is 0 Å². The van der Waals surface area contributed by atoms with Crippen molar-refractivity contribution in [2.45, 2.75) is 13.5 Å². The van der Waals surface area contributed by atoms with E-state index in [0.29, 0.717) is 18.0 Å². The number of rotatable bonds is 3. The van der Waals surface area contributed by atoms with Gasteiger partial charge in [0.05, 0.1) is 0 Å². The Morgan fingerprint density at radius 2 is 2.06 bits per heavy atom. The first kappa shape index (κ1) is 10.5. The fraction of sp³-hybridized carbons (Fsp3) is 0.273. The van der Waals surface area contributed by atoms with Gasteiger partial charge in [0.1, 0.15) is 0 Å². The summed E-state index contributed by atoms with van der Waals surface area (Å²) in [7, 11) is 0. The molecule has 0 unspecified atom stereocenters. The molecular formula is C11H11NO4.